The van der Waals surface area contributed by atoms with Crippen molar-refractivity contribution in [3.63, 3.8) is 0 Å². The van der Waals surface area contributed by atoms with Gasteiger partial charge in [-0.1, -0.05) is 25.0 Å². The van der Waals surface area contributed by atoms with Crippen LogP contribution in [-0.2, 0) is 12.8 Å². The zero-order valence-corrected chi connectivity index (χ0v) is 11.9. The van der Waals surface area contributed by atoms with Crippen LogP contribution in [0.4, 0.5) is 5.69 Å². The average Bonchev–Trinajstić information content (AvgIpc) is 2.99. The molecule has 1 aliphatic carbocycles. The van der Waals surface area contributed by atoms with Crippen molar-refractivity contribution in [2.24, 2.45) is 5.92 Å². The van der Waals surface area contributed by atoms with Crippen LogP contribution in [0.5, 0.6) is 0 Å². The lowest BCUT2D eigenvalue weighted by Crippen LogP contribution is -2.26. The van der Waals surface area contributed by atoms with Gasteiger partial charge in [0.05, 0.1) is 6.10 Å². The van der Waals surface area contributed by atoms with E-state index in [1.807, 2.05) is 6.92 Å². The molecule has 0 amide bonds. The SMILES string of the molecule is CC(O)Cc1ccc2c(c1)CCN2CC1CCCC1. The monoisotopic (exact) mass is 259 g/mol. The van der Waals surface area contributed by atoms with Crippen LogP contribution in [0.15, 0.2) is 18.2 Å². The number of fused-ring (bicyclic) bond motifs is 1. The van der Waals surface area contributed by atoms with Crippen molar-refractivity contribution in [3.8, 4) is 0 Å². The second-order valence-electron chi connectivity index (χ2n) is 6.36. The lowest BCUT2D eigenvalue weighted by atomic mass is 10.0. The number of aliphatic hydroxyl groups is 1. The molecule has 0 aromatic heterocycles. The molecular formula is C17H25NO. The Hall–Kier alpha value is -1.02. The summed E-state index contributed by atoms with van der Waals surface area (Å²) in [5.74, 6) is 0.920. The Morgan fingerprint density at radius 3 is 2.84 bits per heavy atom. The fraction of sp³-hybridized carbons (Fsp3) is 0.647. The quantitative estimate of drug-likeness (QED) is 0.898. The van der Waals surface area contributed by atoms with Crippen LogP contribution in [0.3, 0.4) is 0 Å². The molecule has 1 aromatic carbocycles. The van der Waals surface area contributed by atoms with Crippen LogP contribution in [0.2, 0.25) is 0 Å². The van der Waals surface area contributed by atoms with Crippen molar-refractivity contribution in [2.45, 2.75) is 51.6 Å². The van der Waals surface area contributed by atoms with Gasteiger partial charge in [0.1, 0.15) is 0 Å². The normalized spacial score (nSPS) is 20.8. The fourth-order valence-electron chi connectivity index (χ4n) is 3.69. The lowest BCUT2D eigenvalue weighted by Gasteiger charge is -2.23. The zero-order valence-electron chi connectivity index (χ0n) is 11.9. The summed E-state index contributed by atoms with van der Waals surface area (Å²) in [6, 6.07) is 6.77. The third-order valence-corrected chi connectivity index (χ3v) is 4.62. The van der Waals surface area contributed by atoms with Crippen molar-refractivity contribution in [1.82, 2.24) is 0 Å². The molecule has 1 fully saturated rings. The molecule has 0 spiro atoms. The smallest absolute Gasteiger partial charge is 0.0552 e. The maximum Gasteiger partial charge on any atom is 0.0552 e. The summed E-state index contributed by atoms with van der Waals surface area (Å²) in [6.07, 6.45) is 7.41. The molecule has 19 heavy (non-hydrogen) atoms. The van der Waals surface area contributed by atoms with Gasteiger partial charge >= 0.3 is 0 Å². The summed E-state index contributed by atoms with van der Waals surface area (Å²) in [7, 11) is 0. The van der Waals surface area contributed by atoms with Crippen molar-refractivity contribution >= 4 is 5.69 Å². The first kappa shape index (κ1) is 13.0. The molecule has 3 rings (SSSR count). The number of anilines is 1. The number of aliphatic hydroxyl groups excluding tert-OH is 1. The molecule has 1 N–H and O–H groups in total. The first-order valence-corrected chi connectivity index (χ1v) is 7.77. The average molecular weight is 259 g/mol. The minimum absolute atomic E-state index is 0.242. The van der Waals surface area contributed by atoms with Gasteiger partial charge in [0.15, 0.2) is 0 Å². The molecule has 1 saturated carbocycles. The molecule has 1 atom stereocenters. The number of hydrogen-bond donors (Lipinski definition) is 1. The first-order valence-electron chi connectivity index (χ1n) is 7.77. The summed E-state index contributed by atoms with van der Waals surface area (Å²) in [6.45, 7) is 4.30. The summed E-state index contributed by atoms with van der Waals surface area (Å²) in [5.41, 5.74) is 4.20. The highest BCUT2D eigenvalue weighted by Gasteiger charge is 2.24. The van der Waals surface area contributed by atoms with Crippen molar-refractivity contribution in [2.75, 3.05) is 18.0 Å². The van der Waals surface area contributed by atoms with E-state index in [9.17, 15) is 5.11 Å². The van der Waals surface area contributed by atoms with E-state index in [-0.39, 0.29) is 6.10 Å². The maximum atomic E-state index is 9.49. The second kappa shape index (κ2) is 5.54. The van der Waals surface area contributed by atoms with E-state index < -0.39 is 0 Å². The van der Waals surface area contributed by atoms with Gasteiger partial charge in [-0.05, 0) is 55.7 Å². The molecule has 0 saturated heterocycles. The number of nitrogens with zero attached hydrogens (tertiary/aromatic N) is 1. The number of rotatable bonds is 4. The largest absolute Gasteiger partial charge is 0.393 e. The predicted octanol–water partition coefficient (Wildman–Crippen LogP) is 3.16. The Labute approximate surface area is 116 Å². The third-order valence-electron chi connectivity index (χ3n) is 4.62. The minimum Gasteiger partial charge on any atom is -0.393 e. The zero-order chi connectivity index (χ0) is 13.2. The maximum absolute atomic E-state index is 9.49. The van der Waals surface area contributed by atoms with E-state index >= 15 is 0 Å². The van der Waals surface area contributed by atoms with Crippen molar-refractivity contribution in [1.29, 1.82) is 0 Å². The Balaban J connectivity index is 1.70. The van der Waals surface area contributed by atoms with Gasteiger partial charge in [0.25, 0.3) is 0 Å². The molecule has 1 aromatic rings. The van der Waals surface area contributed by atoms with Gasteiger partial charge in [-0.3, -0.25) is 0 Å². The molecule has 104 valence electrons. The third kappa shape index (κ3) is 2.94. The van der Waals surface area contributed by atoms with Crippen LogP contribution < -0.4 is 4.90 Å². The predicted molar refractivity (Wildman–Crippen MR) is 79.7 cm³/mol. The summed E-state index contributed by atoms with van der Waals surface area (Å²) < 4.78 is 0. The van der Waals surface area contributed by atoms with E-state index in [1.54, 1.807) is 0 Å². The van der Waals surface area contributed by atoms with Crippen LogP contribution in [-0.4, -0.2) is 24.3 Å². The molecule has 2 heteroatoms. The van der Waals surface area contributed by atoms with Crippen LogP contribution in [0.25, 0.3) is 0 Å². The molecule has 1 heterocycles. The van der Waals surface area contributed by atoms with Crippen LogP contribution >= 0.6 is 0 Å². The summed E-state index contributed by atoms with van der Waals surface area (Å²) in [4.78, 5) is 2.58. The number of benzene rings is 1. The fourth-order valence-corrected chi connectivity index (χ4v) is 3.69. The van der Waals surface area contributed by atoms with E-state index in [4.69, 9.17) is 0 Å². The van der Waals surface area contributed by atoms with Gasteiger partial charge in [-0.15, -0.1) is 0 Å². The Morgan fingerprint density at radius 1 is 1.32 bits per heavy atom. The summed E-state index contributed by atoms with van der Waals surface area (Å²) >= 11 is 0. The molecular weight excluding hydrogens is 234 g/mol. The molecule has 1 aliphatic heterocycles. The second-order valence-corrected chi connectivity index (χ2v) is 6.36. The Morgan fingerprint density at radius 2 is 2.11 bits per heavy atom. The first-order chi connectivity index (χ1) is 9.22. The molecule has 2 aliphatic rings. The lowest BCUT2D eigenvalue weighted by molar-refractivity contribution is 0.195. The molecule has 2 nitrogen and oxygen atoms in total. The molecule has 0 bridgehead atoms. The summed E-state index contributed by atoms with van der Waals surface area (Å²) in [5, 5.41) is 9.49. The standard InChI is InChI=1S/C17H25NO/c1-13(19)10-15-6-7-17-16(11-15)8-9-18(17)12-14-4-2-3-5-14/h6-7,11,13-14,19H,2-5,8-10,12H2,1H3. The highest BCUT2D eigenvalue weighted by atomic mass is 16.3. The highest BCUT2D eigenvalue weighted by molar-refractivity contribution is 5.59. The van der Waals surface area contributed by atoms with E-state index in [0.717, 1.165) is 12.3 Å². The highest BCUT2D eigenvalue weighted by Crippen LogP contribution is 2.33. The van der Waals surface area contributed by atoms with E-state index in [1.165, 1.54) is 62.0 Å². The molecule has 0 radical (unpaired) electrons. The van der Waals surface area contributed by atoms with Crippen molar-refractivity contribution in [3.05, 3.63) is 29.3 Å². The van der Waals surface area contributed by atoms with E-state index in [0.29, 0.717) is 0 Å². The van der Waals surface area contributed by atoms with Crippen molar-refractivity contribution < 1.29 is 5.11 Å². The van der Waals surface area contributed by atoms with Gasteiger partial charge in [0, 0.05) is 18.8 Å². The Kier molecular flexibility index (Phi) is 3.79. The van der Waals surface area contributed by atoms with Gasteiger partial charge in [-0.25, -0.2) is 0 Å². The van der Waals surface area contributed by atoms with Crippen LogP contribution in [0.1, 0.15) is 43.7 Å². The minimum atomic E-state index is -0.242. The van der Waals surface area contributed by atoms with Crippen LogP contribution in [0, 0.1) is 5.92 Å². The van der Waals surface area contributed by atoms with E-state index in [2.05, 4.69) is 23.1 Å². The molecule has 1 unspecified atom stereocenters. The van der Waals surface area contributed by atoms with Gasteiger partial charge < -0.3 is 10.0 Å². The Bertz CT molecular complexity index is 435. The number of hydrogen-bond acceptors (Lipinski definition) is 2. The van der Waals surface area contributed by atoms with Gasteiger partial charge in [-0.2, -0.15) is 0 Å². The van der Waals surface area contributed by atoms with Gasteiger partial charge in [0.2, 0.25) is 0 Å². The topological polar surface area (TPSA) is 23.5 Å².